The number of rotatable bonds is 4. The molecule has 1 heterocycles. The molecule has 1 aliphatic rings. The molecule has 1 fully saturated rings. The Morgan fingerprint density at radius 2 is 2.44 bits per heavy atom. The molecule has 0 spiro atoms. The SMILES string of the molecule is Cc1cccc(NC(=O)CO[C@H]2CCCNC2)c1. The Balaban J connectivity index is 1.74. The van der Waals surface area contributed by atoms with Crippen molar-refractivity contribution in [1.82, 2.24) is 5.32 Å². The summed E-state index contributed by atoms with van der Waals surface area (Å²) in [7, 11) is 0. The fraction of sp³-hybridized carbons (Fsp3) is 0.500. The van der Waals surface area contributed by atoms with Crippen molar-refractivity contribution in [2.75, 3.05) is 25.0 Å². The van der Waals surface area contributed by atoms with E-state index in [9.17, 15) is 4.79 Å². The summed E-state index contributed by atoms with van der Waals surface area (Å²) in [6.07, 6.45) is 2.32. The predicted octanol–water partition coefficient (Wildman–Crippen LogP) is 1.70. The maximum Gasteiger partial charge on any atom is 0.250 e. The van der Waals surface area contributed by atoms with Gasteiger partial charge >= 0.3 is 0 Å². The van der Waals surface area contributed by atoms with Gasteiger partial charge in [-0.1, -0.05) is 12.1 Å². The van der Waals surface area contributed by atoms with Crippen molar-refractivity contribution in [3.63, 3.8) is 0 Å². The maximum absolute atomic E-state index is 11.7. The second-order valence-electron chi connectivity index (χ2n) is 4.70. The zero-order valence-corrected chi connectivity index (χ0v) is 10.7. The number of ether oxygens (including phenoxy) is 1. The van der Waals surface area contributed by atoms with Crippen molar-refractivity contribution < 1.29 is 9.53 Å². The molecule has 1 aromatic carbocycles. The second kappa shape index (κ2) is 6.52. The van der Waals surface area contributed by atoms with E-state index in [0.717, 1.165) is 37.2 Å². The zero-order chi connectivity index (χ0) is 12.8. The van der Waals surface area contributed by atoms with Crippen molar-refractivity contribution in [1.29, 1.82) is 0 Å². The summed E-state index contributed by atoms with van der Waals surface area (Å²) < 4.78 is 5.57. The summed E-state index contributed by atoms with van der Waals surface area (Å²) in [6, 6.07) is 7.75. The highest BCUT2D eigenvalue weighted by atomic mass is 16.5. The predicted molar refractivity (Wildman–Crippen MR) is 71.7 cm³/mol. The van der Waals surface area contributed by atoms with Crippen LogP contribution >= 0.6 is 0 Å². The monoisotopic (exact) mass is 248 g/mol. The first kappa shape index (κ1) is 13.1. The molecule has 0 radical (unpaired) electrons. The van der Waals surface area contributed by atoms with Crippen LogP contribution in [0.3, 0.4) is 0 Å². The van der Waals surface area contributed by atoms with Gasteiger partial charge in [0.25, 0.3) is 0 Å². The van der Waals surface area contributed by atoms with Crippen LogP contribution in [0.1, 0.15) is 18.4 Å². The third kappa shape index (κ3) is 4.13. The van der Waals surface area contributed by atoms with Gasteiger partial charge in [-0.2, -0.15) is 0 Å². The number of amides is 1. The highest BCUT2D eigenvalue weighted by Crippen LogP contribution is 2.10. The quantitative estimate of drug-likeness (QED) is 0.852. The molecular formula is C14H20N2O2. The van der Waals surface area contributed by atoms with E-state index in [1.165, 1.54) is 0 Å². The maximum atomic E-state index is 11.7. The molecule has 0 aliphatic carbocycles. The fourth-order valence-electron chi connectivity index (χ4n) is 2.08. The molecule has 1 aromatic rings. The van der Waals surface area contributed by atoms with Gasteiger partial charge in [-0.05, 0) is 44.0 Å². The third-order valence-corrected chi connectivity index (χ3v) is 3.00. The Bertz CT molecular complexity index is 401. The minimum absolute atomic E-state index is 0.0915. The molecule has 98 valence electrons. The van der Waals surface area contributed by atoms with Crippen LogP contribution in [0.15, 0.2) is 24.3 Å². The first-order valence-electron chi connectivity index (χ1n) is 6.43. The lowest BCUT2D eigenvalue weighted by Gasteiger charge is -2.22. The van der Waals surface area contributed by atoms with Gasteiger partial charge in [0.05, 0.1) is 6.10 Å². The van der Waals surface area contributed by atoms with Crippen molar-refractivity contribution in [2.45, 2.75) is 25.9 Å². The van der Waals surface area contributed by atoms with Gasteiger partial charge in [0.1, 0.15) is 6.61 Å². The van der Waals surface area contributed by atoms with Crippen LogP contribution in [0, 0.1) is 6.92 Å². The van der Waals surface area contributed by atoms with Gasteiger partial charge in [-0.3, -0.25) is 4.79 Å². The average molecular weight is 248 g/mol. The molecule has 1 saturated heterocycles. The lowest BCUT2D eigenvalue weighted by Crippen LogP contribution is -2.37. The molecule has 2 N–H and O–H groups in total. The third-order valence-electron chi connectivity index (χ3n) is 3.00. The van der Waals surface area contributed by atoms with Crippen LogP contribution in [0.25, 0.3) is 0 Å². The summed E-state index contributed by atoms with van der Waals surface area (Å²) in [4.78, 5) is 11.7. The van der Waals surface area contributed by atoms with E-state index >= 15 is 0 Å². The Kier molecular flexibility index (Phi) is 4.73. The average Bonchev–Trinajstić information content (AvgIpc) is 2.38. The summed E-state index contributed by atoms with van der Waals surface area (Å²) in [6.45, 7) is 4.02. The van der Waals surface area contributed by atoms with E-state index in [2.05, 4.69) is 10.6 Å². The molecule has 1 aliphatic heterocycles. The summed E-state index contributed by atoms with van der Waals surface area (Å²) >= 11 is 0. The topological polar surface area (TPSA) is 50.4 Å². The lowest BCUT2D eigenvalue weighted by molar-refractivity contribution is -0.122. The molecule has 0 bridgehead atoms. The summed E-state index contributed by atoms with van der Waals surface area (Å²) in [5.41, 5.74) is 1.95. The van der Waals surface area contributed by atoms with E-state index in [0.29, 0.717) is 0 Å². The van der Waals surface area contributed by atoms with Crippen LogP contribution in [0.4, 0.5) is 5.69 Å². The molecule has 1 atom stereocenters. The molecule has 1 amide bonds. The first-order chi connectivity index (χ1) is 8.74. The fourth-order valence-corrected chi connectivity index (χ4v) is 2.08. The number of carbonyl (C=O) groups is 1. The minimum atomic E-state index is -0.0915. The highest BCUT2D eigenvalue weighted by Gasteiger charge is 2.14. The largest absolute Gasteiger partial charge is 0.367 e. The summed E-state index contributed by atoms with van der Waals surface area (Å²) in [5, 5.41) is 6.10. The number of carbonyl (C=O) groups excluding carboxylic acids is 1. The first-order valence-corrected chi connectivity index (χ1v) is 6.43. The van der Waals surface area contributed by atoms with Crippen LogP contribution in [-0.4, -0.2) is 31.7 Å². The van der Waals surface area contributed by atoms with Crippen LogP contribution < -0.4 is 10.6 Å². The molecule has 2 rings (SSSR count). The van der Waals surface area contributed by atoms with E-state index in [4.69, 9.17) is 4.74 Å². The molecule has 18 heavy (non-hydrogen) atoms. The van der Waals surface area contributed by atoms with Crippen molar-refractivity contribution in [2.24, 2.45) is 0 Å². The Morgan fingerprint density at radius 1 is 1.56 bits per heavy atom. The zero-order valence-electron chi connectivity index (χ0n) is 10.7. The second-order valence-corrected chi connectivity index (χ2v) is 4.70. The number of anilines is 1. The van der Waals surface area contributed by atoms with Gasteiger partial charge < -0.3 is 15.4 Å². The number of aryl methyl sites for hydroxylation is 1. The molecular weight excluding hydrogens is 228 g/mol. The molecule has 0 aromatic heterocycles. The van der Waals surface area contributed by atoms with E-state index < -0.39 is 0 Å². The number of nitrogens with one attached hydrogen (secondary N) is 2. The van der Waals surface area contributed by atoms with Crippen molar-refractivity contribution >= 4 is 11.6 Å². The van der Waals surface area contributed by atoms with E-state index in [1.807, 2.05) is 31.2 Å². The smallest absolute Gasteiger partial charge is 0.250 e. The molecule has 4 heteroatoms. The summed E-state index contributed by atoms with van der Waals surface area (Å²) in [5.74, 6) is -0.0915. The number of hydrogen-bond acceptors (Lipinski definition) is 3. The molecule has 0 saturated carbocycles. The van der Waals surface area contributed by atoms with E-state index in [1.54, 1.807) is 0 Å². The Hall–Kier alpha value is -1.39. The number of piperidine rings is 1. The lowest BCUT2D eigenvalue weighted by atomic mass is 10.1. The Morgan fingerprint density at radius 3 is 3.17 bits per heavy atom. The Labute approximate surface area is 108 Å². The van der Waals surface area contributed by atoms with Crippen molar-refractivity contribution in [3.8, 4) is 0 Å². The highest BCUT2D eigenvalue weighted by molar-refractivity contribution is 5.91. The number of benzene rings is 1. The number of hydrogen-bond donors (Lipinski definition) is 2. The van der Waals surface area contributed by atoms with E-state index in [-0.39, 0.29) is 18.6 Å². The normalized spacial score (nSPS) is 19.5. The van der Waals surface area contributed by atoms with Gasteiger partial charge in [-0.25, -0.2) is 0 Å². The van der Waals surface area contributed by atoms with Crippen LogP contribution in [0.2, 0.25) is 0 Å². The van der Waals surface area contributed by atoms with Gasteiger partial charge in [-0.15, -0.1) is 0 Å². The van der Waals surface area contributed by atoms with Crippen LogP contribution in [-0.2, 0) is 9.53 Å². The van der Waals surface area contributed by atoms with Gasteiger partial charge in [0.2, 0.25) is 5.91 Å². The van der Waals surface area contributed by atoms with Crippen molar-refractivity contribution in [3.05, 3.63) is 29.8 Å². The van der Waals surface area contributed by atoms with Gasteiger partial charge in [0.15, 0.2) is 0 Å². The van der Waals surface area contributed by atoms with Gasteiger partial charge in [0, 0.05) is 12.2 Å². The molecule has 4 nitrogen and oxygen atoms in total. The standard InChI is InChI=1S/C14H20N2O2/c1-11-4-2-5-12(8-11)16-14(17)10-18-13-6-3-7-15-9-13/h2,4-5,8,13,15H,3,6-7,9-10H2,1H3,(H,16,17)/t13-/m0/s1. The minimum Gasteiger partial charge on any atom is -0.367 e. The molecule has 0 unspecified atom stereocenters. The van der Waals surface area contributed by atoms with Crippen LogP contribution in [0.5, 0.6) is 0 Å².